The number of hydrogen-bond acceptors (Lipinski definition) is 5. The van der Waals surface area contributed by atoms with Crippen molar-refractivity contribution in [3.63, 3.8) is 0 Å². The van der Waals surface area contributed by atoms with Gasteiger partial charge in [-0.15, -0.1) is 0 Å². The van der Waals surface area contributed by atoms with Crippen LogP contribution in [0.3, 0.4) is 0 Å². The van der Waals surface area contributed by atoms with Crippen LogP contribution in [0.4, 0.5) is 17.3 Å². The quantitative estimate of drug-likeness (QED) is 0.599. The molecule has 0 spiro atoms. The van der Waals surface area contributed by atoms with Crippen LogP contribution < -0.4 is 16.8 Å². The summed E-state index contributed by atoms with van der Waals surface area (Å²) in [6.07, 6.45) is 0.741. The lowest BCUT2D eigenvalue weighted by molar-refractivity contribution is 0.220. The van der Waals surface area contributed by atoms with Crippen LogP contribution in [-0.4, -0.2) is 23.2 Å². The van der Waals surface area contributed by atoms with E-state index in [1.165, 1.54) is 0 Å². The Bertz CT molecular complexity index is 352. The van der Waals surface area contributed by atoms with E-state index < -0.39 is 0 Å². The van der Waals surface area contributed by atoms with Crippen molar-refractivity contribution in [2.24, 2.45) is 5.41 Å². The first kappa shape index (κ1) is 12.6. The highest BCUT2D eigenvalue weighted by Gasteiger charge is 2.16. The smallest absolute Gasteiger partial charge is 0.149 e. The van der Waals surface area contributed by atoms with E-state index in [1.807, 2.05) is 0 Å². The van der Waals surface area contributed by atoms with Gasteiger partial charge in [0, 0.05) is 13.2 Å². The predicted octanol–water partition coefficient (Wildman–Crippen LogP) is 1.07. The van der Waals surface area contributed by atoms with E-state index >= 15 is 0 Å². The summed E-state index contributed by atoms with van der Waals surface area (Å²) in [5.41, 5.74) is 11.7. The topological polar surface area (TPSA) is 97.2 Å². The molecule has 0 saturated heterocycles. The minimum absolute atomic E-state index is 0.0204. The van der Waals surface area contributed by atoms with Gasteiger partial charge in [0.05, 0.1) is 5.69 Å². The highest BCUT2D eigenvalue weighted by atomic mass is 16.3. The normalized spacial score (nSPS) is 11.4. The van der Waals surface area contributed by atoms with Gasteiger partial charge in [0.25, 0.3) is 0 Å². The molecule has 0 atom stereocenters. The maximum Gasteiger partial charge on any atom is 0.149 e. The van der Waals surface area contributed by atoms with Gasteiger partial charge in [-0.1, -0.05) is 13.8 Å². The molecular formula is C11H20N4O. The molecule has 90 valence electrons. The monoisotopic (exact) mass is 224 g/mol. The Morgan fingerprint density at radius 3 is 2.62 bits per heavy atom. The van der Waals surface area contributed by atoms with Gasteiger partial charge in [-0.3, -0.25) is 0 Å². The number of pyridine rings is 1. The maximum atomic E-state index is 8.90. The molecule has 0 aliphatic carbocycles. The molecule has 1 aromatic rings. The van der Waals surface area contributed by atoms with Crippen LogP contribution in [0.2, 0.25) is 0 Å². The number of aliphatic hydroxyl groups is 1. The molecule has 0 amide bonds. The van der Waals surface area contributed by atoms with E-state index in [2.05, 4.69) is 24.1 Å². The molecule has 0 aromatic carbocycles. The third-order valence-electron chi connectivity index (χ3n) is 2.49. The van der Waals surface area contributed by atoms with Crippen molar-refractivity contribution in [2.45, 2.75) is 20.3 Å². The fourth-order valence-electron chi connectivity index (χ4n) is 1.31. The molecule has 5 heteroatoms. The summed E-state index contributed by atoms with van der Waals surface area (Å²) >= 11 is 0. The van der Waals surface area contributed by atoms with Crippen LogP contribution in [0.1, 0.15) is 20.3 Å². The highest BCUT2D eigenvalue weighted by Crippen LogP contribution is 2.21. The first-order chi connectivity index (χ1) is 7.44. The minimum Gasteiger partial charge on any atom is -0.396 e. The molecule has 6 N–H and O–H groups in total. The maximum absolute atomic E-state index is 8.90. The zero-order chi connectivity index (χ0) is 12.2. The molecule has 0 fully saturated rings. The summed E-state index contributed by atoms with van der Waals surface area (Å²) in [7, 11) is 0. The van der Waals surface area contributed by atoms with Gasteiger partial charge in [0.15, 0.2) is 0 Å². The zero-order valence-electron chi connectivity index (χ0n) is 9.83. The fraction of sp³-hybridized carbons (Fsp3) is 0.545. The van der Waals surface area contributed by atoms with Crippen molar-refractivity contribution in [3.8, 4) is 0 Å². The third kappa shape index (κ3) is 3.58. The molecule has 0 saturated carbocycles. The largest absolute Gasteiger partial charge is 0.396 e. The van der Waals surface area contributed by atoms with Gasteiger partial charge in [-0.25, -0.2) is 4.98 Å². The van der Waals surface area contributed by atoms with Crippen molar-refractivity contribution >= 4 is 17.3 Å². The van der Waals surface area contributed by atoms with E-state index in [-0.39, 0.29) is 12.0 Å². The number of nitrogens with two attached hydrogens (primary N) is 2. The molecule has 0 radical (unpaired) electrons. The van der Waals surface area contributed by atoms with Crippen LogP contribution in [0.25, 0.3) is 0 Å². The molecule has 0 unspecified atom stereocenters. The number of hydrogen-bond donors (Lipinski definition) is 4. The van der Waals surface area contributed by atoms with E-state index in [0.29, 0.717) is 17.3 Å². The van der Waals surface area contributed by atoms with Crippen molar-refractivity contribution in [3.05, 3.63) is 12.1 Å². The van der Waals surface area contributed by atoms with Gasteiger partial charge in [0.2, 0.25) is 0 Å². The van der Waals surface area contributed by atoms with Crippen molar-refractivity contribution in [2.75, 3.05) is 29.9 Å². The fourth-order valence-corrected chi connectivity index (χ4v) is 1.31. The molecule has 1 aromatic heterocycles. The van der Waals surface area contributed by atoms with E-state index in [0.717, 1.165) is 13.0 Å². The lowest BCUT2D eigenvalue weighted by Crippen LogP contribution is -2.24. The molecular weight excluding hydrogens is 204 g/mol. The Balaban J connectivity index is 2.57. The third-order valence-corrected chi connectivity index (χ3v) is 2.49. The summed E-state index contributed by atoms with van der Waals surface area (Å²) in [4.78, 5) is 4.12. The van der Waals surface area contributed by atoms with E-state index in [9.17, 15) is 0 Å². The Morgan fingerprint density at radius 1 is 1.38 bits per heavy atom. The predicted molar refractivity (Wildman–Crippen MR) is 67.0 cm³/mol. The molecule has 16 heavy (non-hydrogen) atoms. The first-order valence-corrected chi connectivity index (χ1v) is 5.31. The van der Waals surface area contributed by atoms with Gasteiger partial charge in [0.1, 0.15) is 11.6 Å². The number of aliphatic hydroxyl groups excluding tert-OH is 1. The number of rotatable bonds is 5. The summed E-state index contributed by atoms with van der Waals surface area (Å²) in [6, 6.07) is 3.52. The van der Waals surface area contributed by atoms with Crippen molar-refractivity contribution in [1.29, 1.82) is 0 Å². The minimum atomic E-state index is 0.0204. The Hall–Kier alpha value is -1.49. The number of aromatic nitrogens is 1. The summed E-state index contributed by atoms with van der Waals surface area (Å²) in [6.45, 7) is 5.07. The van der Waals surface area contributed by atoms with Crippen LogP contribution in [0, 0.1) is 5.41 Å². The SMILES string of the molecule is CC(C)(CCO)CNc1ccc(N)c(N)n1. The van der Waals surface area contributed by atoms with E-state index in [4.69, 9.17) is 16.6 Å². The zero-order valence-corrected chi connectivity index (χ0v) is 9.83. The number of nitrogen functional groups attached to an aromatic ring is 2. The van der Waals surface area contributed by atoms with Gasteiger partial charge in [-0.05, 0) is 24.0 Å². The summed E-state index contributed by atoms with van der Waals surface area (Å²) in [5, 5.41) is 12.1. The Kier molecular flexibility index (Phi) is 3.95. The Morgan fingerprint density at radius 2 is 2.06 bits per heavy atom. The van der Waals surface area contributed by atoms with Gasteiger partial charge in [-0.2, -0.15) is 0 Å². The molecule has 5 nitrogen and oxygen atoms in total. The van der Waals surface area contributed by atoms with Gasteiger partial charge < -0.3 is 21.9 Å². The highest BCUT2D eigenvalue weighted by molar-refractivity contribution is 5.61. The lowest BCUT2D eigenvalue weighted by Gasteiger charge is -2.24. The molecule has 1 heterocycles. The second-order valence-electron chi connectivity index (χ2n) is 4.66. The first-order valence-electron chi connectivity index (χ1n) is 5.31. The second-order valence-corrected chi connectivity index (χ2v) is 4.66. The second kappa shape index (κ2) is 5.03. The lowest BCUT2D eigenvalue weighted by atomic mass is 9.90. The van der Waals surface area contributed by atoms with Crippen LogP contribution in [-0.2, 0) is 0 Å². The van der Waals surface area contributed by atoms with Gasteiger partial charge >= 0.3 is 0 Å². The average Bonchev–Trinajstić information content (AvgIpc) is 2.20. The standard InChI is InChI=1S/C11H20N4O/c1-11(2,5-6-16)7-14-9-4-3-8(12)10(13)15-9/h3-4,16H,5-7,12H2,1-2H3,(H3,13,14,15). The average molecular weight is 224 g/mol. The molecule has 0 bridgehead atoms. The van der Waals surface area contributed by atoms with Crippen LogP contribution in [0.15, 0.2) is 12.1 Å². The molecule has 0 aliphatic rings. The van der Waals surface area contributed by atoms with Crippen molar-refractivity contribution < 1.29 is 5.11 Å². The summed E-state index contributed by atoms with van der Waals surface area (Å²) in [5.74, 6) is 1.04. The Labute approximate surface area is 95.9 Å². The van der Waals surface area contributed by atoms with Crippen LogP contribution >= 0.6 is 0 Å². The van der Waals surface area contributed by atoms with Crippen LogP contribution in [0.5, 0.6) is 0 Å². The summed E-state index contributed by atoms with van der Waals surface area (Å²) < 4.78 is 0. The number of nitrogens with zero attached hydrogens (tertiary/aromatic N) is 1. The number of nitrogens with one attached hydrogen (secondary N) is 1. The van der Waals surface area contributed by atoms with Crippen molar-refractivity contribution in [1.82, 2.24) is 4.98 Å². The van der Waals surface area contributed by atoms with E-state index in [1.54, 1.807) is 12.1 Å². The molecule has 0 aliphatic heterocycles. The number of anilines is 3. The molecule has 1 rings (SSSR count).